The molecule has 4 rings (SSSR count). The highest BCUT2D eigenvalue weighted by Crippen LogP contribution is 2.41. The number of anilines is 3. The fourth-order valence-electron chi connectivity index (χ4n) is 4.06. The summed E-state index contributed by atoms with van der Waals surface area (Å²) in [4.78, 5) is 27.8. The van der Waals surface area contributed by atoms with Crippen LogP contribution in [0.15, 0.2) is 36.4 Å². The van der Waals surface area contributed by atoms with Crippen molar-refractivity contribution >= 4 is 46.2 Å². The fraction of sp³-hybridized carbons (Fsp3) is 0.304. The molecular formula is C23H20F3N5O3S. The van der Waals surface area contributed by atoms with E-state index in [1.165, 1.54) is 19.2 Å². The number of hydrogen-bond acceptors (Lipinski definition) is 6. The van der Waals surface area contributed by atoms with Crippen molar-refractivity contribution in [3.8, 4) is 11.8 Å². The summed E-state index contributed by atoms with van der Waals surface area (Å²) in [5, 5.41) is 14.7. The van der Waals surface area contributed by atoms with Gasteiger partial charge in [0.2, 0.25) is 0 Å². The molecule has 0 saturated carbocycles. The number of carbonyl (C=O) groups excluding carboxylic acids is 2. The first-order valence-electron chi connectivity index (χ1n) is 10.5. The quantitative estimate of drug-likeness (QED) is 0.620. The number of benzene rings is 2. The van der Waals surface area contributed by atoms with Crippen molar-refractivity contribution in [1.29, 1.82) is 5.26 Å². The van der Waals surface area contributed by atoms with Crippen LogP contribution in [0.2, 0.25) is 0 Å². The van der Waals surface area contributed by atoms with Gasteiger partial charge in [-0.15, -0.1) is 0 Å². The van der Waals surface area contributed by atoms with Crippen molar-refractivity contribution in [1.82, 2.24) is 5.32 Å². The molecular weight excluding hydrogens is 483 g/mol. The maximum Gasteiger partial charge on any atom is 0.417 e. The van der Waals surface area contributed by atoms with Crippen molar-refractivity contribution < 1.29 is 27.5 Å². The minimum Gasteiger partial charge on any atom is -0.477 e. The molecule has 0 aromatic heterocycles. The van der Waals surface area contributed by atoms with Gasteiger partial charge in [-0.1, -0.05) is 0 Å². The number of nitrogens with one attached hydrogen (secondary N) is 2. The van der Waals surface area contributed by atoms with Crippen LogP contribution in [0.5, 0.6) is 5.75 Å². The van der Waals surface area contributed by atoms with Gasteiger partial charge in [0.25, 0.3) is 11.8 Å². The lowest BCUT2D eigenvalue weighted by Crippen LogP contribution is -2.45. The first-order chi connectivity index (χ1) is 16.4. The van der Waals surface area contributed by atoms with Crippen LogP contribution in [0.1, 0.15) is 25.0 Å². The normalized spacial score (nSPS) is 18.9. The van der Waals surface area contributed by atoms with Gasteiger partial charge >= 0.3 is 6.18 Å². The Morgan fingerprint density at radius 2 is 1.94 bits per heavy atom. The molecule has 2 aliphatic heterocycles. The molecule has 0 spiro atoms. The van der Waals surface area contributed by atoms with Gasteiger partial charge in [-0.25, -0.2) is 0 Å². The first kappa shape index (κ1) is 24.3. The number of fused-ring (bicyclic) bond motifs is 1. The molecule has 0 bridgehead atoms. The summed E-state index contributed by atoms with van der Waals surface area (Å²) in [6.07, 6.45) is -5.49. The molecule has 2 aromatic rings. The Kier molecular flexibility index (Phi) is 5.84. The highest BCUT2D eigenvalue weighted by molar-refractivity contribution is 7.81. The lowest BCUT2D eigenvalue weighted by atomic mass is 10.0. The van der Waals surface area contributed by atoms with Crippen molar-refractivity contribution in [2.24, 2.45) is 0 Å². The molecule has 2 aliphatic rings. The number of thiocarbonyl (C=S) groups is 1. The molecule has 2 N–H and O–H groups in total. The zero-order valence-corrected chi connectivity index (χ0v) is 19.7. The van der Waals surface area contributed by atoms with Crippen molar-refractivity contribution in [3.63, 3.8) is 0 Å². The third kappa shape index (κ3) is 4.01. The molecule has 8 nitrogen and oxygen atoms in total. The molecule has 1 fully saturated rings. The number of carbonyl (C=O) groups is 2. The Balaban J connectivity index is 1.71. The number of nitrogens with zero attached hydrogens (tertiary/aromatic N) is 3. The van der Waals surface area contributed by atoms with Crippen LogP contribution in [-0.2, 0) is 15.8 Å². The fourth-order valence-corrected chi connectivity index (χ4v) is 4.58. The van der Waals surface area contributed by atoms with Gasteiger partial charge in [-0.3, -0.25) is 14.5 Å². The maximum atomic E-state index is 13.5. The summed E-state index contributed by atoms with van der Waals surface area (Å²) in [6, 6.07) is 9.53. The van der Waals surface area contributed by atoms with Crippen LogP contribution in [0, 0.1) is 11.3 Å². The number of halogens is 3. The third-order valence-corrected chi connectivity index (χ3v) is 6.23. The largest absolute Gasteiger partial charge is 0.477 e. The SMILES string of the molecule is CNC(=O)[C@@H]1CNc2cc(N3C(=S)N(c4ccc(C#N)c(C(F)(F)F)c4)C(=O)C3(C)C)ccc2O1. The number of alkyl halides is 3. The molecule has 2 amide bonds. The predicted molar refractivity (Wildman–Crippen MR) is 126 cm³/mol. The molecule has 1 atom stereocenters. The van der Waals surface area contributed by atoms with Gasteiger partial charge < -0.3 is 20.3 Å². The summed E-state index contributed by atoms with van der Waals surface area (Å²) in [7, 11) is 1.51. The Bertz CT molecular complexity index is 1290. The molecule has 2 aromatic carbocycles. The van der Waals surface area contributed by atoms with Crippen molar-refractivity contribution in [2.45, 2.75) is 31.7 Å². The summed E-state index contributed by atoms with van der Waals surface area (Å²) in [6.45, 7) is 3.45. The second-order valence-electron chi connectivity index (χ2n) is 8.44. The van der Waals surface area contributed by atoms with Crippen molar-refractivity contribution in [2.75, 3.05) is 28.7 Å². The van der Waals surface area contributed by atoms with Gasteiger partial charge in [-0.2, -0.15) is 18.4 Å². The standard InChI is InChI=1S/C23H20F3N5O3S/c1-22(2)20(33)30(13-5-4-12(10-27)15(8-13)23(24,25)26)21(35)31(22)14-6-7-17-16(9-14)29-11-18(34-17)19(32)28-3/h4-9,18,29H,11H2,1-3H3,(H,28,32)/t18-/m0/s1. The number of nitriles is 1. The third-order valence-electron chi connectivity index (χ3n) is 5.86. The van der Waals surface area contributed by atoms with E-state index in [1.54, 1.807) is 36.9 Å². The summed E-state index contributed by atoms with van der Waals surface area (Å²) in [5.41, 5.74) is -1.93. The van der Waals surface area contributed by atoms with E-state index in [0.29, 0.717) is 17.1 Å². The molecule has 0 aliphatic carbocycles. The predicted octanol–water partition coefficient (Wildman–Crippen LogP) is 3.41. The zero-order chi connectivity index (χ0) is 25.7. The van der Waals surface area contributed by atoms with Gasteiger partial charge in [0.05, 0.1) is 35.1 Å². The smallest absolute Gasteiger partial charge is 0.417 e. The average molecular weight is 504 g/mol. The summed E-state index contributed by atoms with van der Waals surface area (Å²) in [5.74, 6) is -0.375. The van der Waals surface area contributed by atoms with Gasteiger partial charge in [0.15, 0.2) is 11.2 Å². The van der Waals surface area contributed by atoms with Crippen LogP contribution in [0.25, 0.3) is 0 Å². The molecule has 1 saturated heterocycles. The Morgan fingerprint density at radius 1 is 1.26 bits per heavy atom. The lowest BCUT2D eigenvalue weighted by molar-refractivity contribution is -0.137. The molecule has 12 heteroatoms. The first-order valence-corrected chi connectivity index (χ1v) is 10.9. The van der Waals surface area contributed by atoms with Crippen LogP contribution in [0.4, 0.5) is 30.2 Å². The number of amides is 2. The Hall–Kier alpha value is -3.85. The van der Waals surface area contributed by atoms with E-state index in [0.717, 1.165) is 17.0 Å². The molecule has 0 radical (unpaired) electrons. The molecule has 2 heterocycles. The highest BCUT2D eigenvalue weighted by Gasteiger charge is 2.51. The molecule has 0 unspecified atom stereocenters. The number of ether oxygens (including phenoxy) is 1. The zero-order valence-electron chi connectivity index (χ0n) is 18.9. The average Bonchev–Trinajstić information content (AvgIpc) is 3.00. The van der Waals surface area contributed by atoms with Crippen LogP contribution in [0.3, 0.4) is 0 Å². The Labute approximate surface area is 204 Å². The number of hydrogen-bond donors (Lipinski definition) is 2. The van der Waals surface area contributed by atoms with Gasteiger partial charge in [0, 0.05) is 12.7 Å². The minimum atomic E-state index is -4.78. The lowest BCUT2D eigenvalue weighted by Gasteiger charge is -2.32. The maximum absolute atomic E-state index is 13.5. The van der Waals surface area contributed by atoms with Gasteiger partial charge in [-0.05, 0) is 62.5 Å². The van der Waals surface area contributed by atoms with E-state index in [4.69, 9.17) is 22.2 Å². The second kappa shape index (κ2) is 8.42. The number of likely N-dealkylation sites (N-methyl/N-ethyl adjacent to an activating group) is 1. The van der Waals surface area contributed by atoms with E-state index in [9.17, 15) is 22.8 Å². The summed E-state index contributed by atoms with van der Waals surface area (Å²) < 4.78 is 46.3. The van der Waals surface area contributed by atoms with E-state index < -0.39 is 34.9 Å². The second-order valence-corrected chi connectivity index (χ2v) is 8.80. The molecule has 35 heavy (non-hydrogen) atoms. The van der Waals surface area contributed by atoms with E-state index >= 15 is 0 Å². The summed E-state index contributed by atoms with van der Waals surface area (Å²) >= 11 is 5.55. The van der Waals surface area contributed by atoms with Crippen LogP contribution >= 0.6 is 12.2 Å². The monoisotopic (exact) mass is 503 g/mol. The van der Waals surface area contributed by atoms with Gasteiger partial charge in [0.1, 0.15) is 11.3 Å². The van der Waals surface area contributed by atoms with E-state index in [1.807, 2.05) is 0 Å². The van der Waals surface area contributed by atoms with Crippen LogP contribution < -0.4 is 25.2 Å². The van der Waals surface area contributed by atoms with E-state index in [2.05, 4.69) is 10.6 Å². The highest BCUT2D eigenvalue weighted by atomic mass is 32.1. The van der Waals surface area contributed by atoms with E-state index in [-0.39, 0.29) is 23.3 Å². The minimum absolute atomic E-state index is 0.0160. The number of rotatable bonds is 3. The topological polar surface area (TPSA) is 97.7 Å². The van der Waals surface area contributed by atoms with Crippen molar-refractivity contribution in [3.05, 3.63) is 47.5 Å². The Morgan fingerprint density at radius 3 is 2.57 bits per heavy atom. The van der Waals surface area contributed by atoms with Crippen LogP contribution in [-0.4, -0.2) is 42.2 Å². The molecule has 182 valence electrons.